The van der Waals surface area contributed by atoms with Crippen LogP contribution in [0.3, 0.4) is 0 Å². The summed E-state index contributed by atoms with van der Waals surface area (Å²) in [6.07, 6.45) is -6.25. The summed E-state index contributed by atoms with van der Waals surface area (Å²) in [6.45, 7) is 3.60. The van der Waals surface area contributed by atoms with E-state index in [1.165, 1.54) is 12.4 Å². The topological polar surface area (TPSA) is 156 Å². The molecule has 0 bridgehead atoms. The molecule has 1 N–H and O–H groups in total. The SMILES string of the molecule is Cc1ccc(-c2cc(C(F)(F)F)nc(-c3cccc(-c4cccc(-c5nn[nH]n5)c4)c3)n2)cn1.Cc1ccc(-c2cc(C(F)(F)F)nc(-c3cccc(-c4cccc(C#N)c4)c3)n2)cn1. The van der Waals surface area contributed by atoms with Gasteiger partial charge in [-0.3, -0.25) is 9.97 Å². The minimum absolute atomic E-state index is 0.0263. The number of pyridine rings is 2. The van der Waals surface area contributed by atoms with E-state index in [4.69, 9.17) is 5.26 Å². The predicted octanol–water partition coefficient (Wildman–Crippen LogP) is 11.5. The Balaban J connectivity index is 0.000000178. The highest BCUT2D eigenvalue weighted by Gasteiger charge is 2.35. The Kier molecular flexibility index (Phi) is 12.0. The van der Waals surface area contributed by atoms with Crippen molar-refractivity contribution in [3.8, 4) is 85.0 Å². The van der Waals surface area contributed by atoms with Crippen LogP contribution in [0.4, 0.5) is 26.3 Å². The largest absolute Gasteiger partial charge is 0.433 e. The van der Waals surface area contributed by atoms with Crippen LogP contribution < -0.4 is 0 Å². The minimum Gasteiger partial charge on any atom is -0.261 e. The lowest BCUT2D eigenvalue weighted by Crippen LogP contribution is -2.10. The van der Waals surface area contributed by atoms with Gasteiger partial charge in [-0.15, -0.1) is 10.2 Å². The van der Waals surface area contributed by atoms with Crippen molar-refractivity contribution >= 4 is 0 Å². The van der Waals surface area contributed by atoms with E-state index in [2.05, 4.69) is 56.6 Å². The van der Waals surface area contributed by atoms with Gasteiger partial charge in [0.2, 0.25) is 5.82 Å². The number of aryl methyl sites for hydroxylation is 2. The maximum Gasteiger partial charge on any atom is 0.433 e. The molecule has 0 saturated carbocycles. The average Bonchev–Trinajstić information content (AvgIpc) is 3.87. The van der Waals surface area contributed by atoms with Crippen LogP contribution in [-0.2, 0) is 12.4 Å². The zero-order chi connectivity index (χ0) is 45.7. The molecule has 11 nitrogen and oxygen atoms in total. The Hall–Kier alpha value is -8.52. The van der Waals surface area contributed by atoms with Gasteiger partial charge in [0.15, 0.2) is 11.6 Å². The molecule has 0 radical (unpaired) electrons. The maximum absolute atomic E-state index is 13.6. The third-order valence-electron chi connectivity index (χ3n) is 9.81. The minimum atomic E-state index is -4.62. The highest BCUT2D eigenvalue weighted by Crippen LogP contribution is 2.35. The number of benzene rings is 4. The van der Waals surface area contributed by atoms with Gasteiger partial charge >= 0.3 is 12.4 Å². The second-order valence-corrected chi connectivity index (χ2v) is 14.5. The van der Waals surface area contributed by atoms with E-state index in [1.807, 2.05) is 42.5 Å². The van der Waals surface area contributed by atoms with Crippen LogP contribution >= 0.6 is 0 Å². The molecule has 0 amide bonds. The number of hydrogen-bond donors (Lipinski definition) is 1. The van der Waals surface area contributed by atoms with Crippen molar-refractivity contribution in [2.24, 2.45) is 0 Å². The first kappa shape index (κ1) is 43.1. The van der Waals surface area contributed by atoms with Crippen molar-refractivity contribution in [3.05, 3.63) is 174 Å². The number of aromatic nitrogens is 10. The van der Waals surface area contributed by atoms with E-state index in [0.29, 0.717) is 33.6 Å². The Morgan fingerprint density at radius 3 is 1.26 bits per heavy atom. The van der Waals surface area contributed by atoms with Gasteiger partial charge in [0.05, 0.1) is 23.0 Å². The van der Waals surface area contributed by atoms with Crippen molar-refractivity contribution in [2.75, 3.05) is 0 Å². The van der Waals surface area contributed by atoms with Gasteiger partial charge in [-0.05, 0) is 108 Å². The van der Waals surface area contributed by atoms with E-state index < -0.39 is 23.7 Å². The van der Waals surface area contributed by atoms with Gasteiger partial charge in [-0.25, -0.2) is 19.9 Å². The summed E-state index contributed by atoms with van der Waals surface area (Å²) in [5.41, 5.74) is 5.97. The standard InChI is InChI=1S/C24H16F3N7.C24H15F3N4/c1-14-8-9-19(13-28-14)20-12-21(24(25,26)27)30-22(29-20)17-6-2-4-15(10-17)16-5-3-7-18(11-16)23-31-33-34-32-23;1-15-8-9-20(14-29-15)21-12-22(24(25,26)27)31-23(30-21)19-7-3-6-18(11-19)17-5-2-4-16(10-17)13-28/h2-13H,1H3,(H,31,32,33,34);2-12,14H,1H3. The molecule has 0 spiro atoms. The molecular weight excluding hydrogens is 845 g/mol. The number of aromatic amines is 1. The number of tetrazole rings is 1. The smallest absolute Gasteiger partial charge is 0.261 e. The third kappa shape index (κ3) is 10.2. The summed E-state index contributed by atoms with van der Waals surface area (Å²) in [5.74, 6) is 0.376. The fourth-order valence-electron chi connectivity index (χ4n) is 6.54. The molecule has 0 atom stereocenters. The molecule has 17 heteroatoms. The Morgan fingerprint density at radius 2 is 0.877 bits per heavy atom. The molecule has 9 rings (SSSR count). The van der Waals surface area contributed by atoms with Gasteiger partial charge < -0.3 is 0 Å². The molecule has 9 aromatic rings. The fraction of sp³-hybridized carbons (Fsp3) is 0.0833. The predicted molar refractivity (Wildman–Crippen MR) is 230 cm³/mol. The number of nitriles is 1. The lowest BCUT2D eigenvalue weighted by Gasteiger charge is -2.12. The number of nitrogens with zero attached hydrogens (tertiary/aromatic N) is 10. The summed E-state index contributed by atoms with van der Waals surface area (Å²) in [7, 11) is 0. The van der Waals surface area contributed by atoms with Crippen LogP contribution in [0.5, 0.6) is 0 Å². The fourth-order valence-corrected chi connectivity index (χ4v) is 6.54. The monoisotopic (exact) mass is 875 g/mol. The van der Waals surface area contributed by atoms with Crippen molar-refractivity contribution in [2.45, 2.75) is 26.2 Å². The number of alkyl halides is 6. The molecule has 0 fully saturated rings. The summed E-state index contributed by atoms with van der Waals surface area (Å²) in [4.78, 5) is 24.7. The maximum atomic E-state index is 13.6. The normalized spacial score (nSPS) is 11.4. The third-order valence-corrected chi connectivity index (χ3v) is 9.81. The van der Waals surface area contributed by atoms with Crippen molar-refractivity contribution in [1.82, 2.24) is 50.5 Å². The van der Waals surface area contributed by atoms with Gasteiger partial charge in [0.1, 0.15) is 11.4 Å². The highest BCUT2D eigenvalue weighted by molar-refractivity contribution is 5.75. The summed E-state index contributed by atoms with van der Waals surface area (Å²) in [5, 5.41) is 23.1. The Labute approximate surface area is 366 Å². The quantitative estimate of drug-likeness (QED) is 0.153. The van der Waals surface area contributed by atoms with Gasteiger partial charge in [0.25, 0.3) is 0 Å². The summed E-state index contributed by atoms with van der Waals surface area (Å²) in [6, 6.07) is 39.1. The first-order valence-electron chi connectivity index (χ1n) is 19.5. The first-order chi connectivity index (χ1) is 31.2. The van der Waals surface area contributed by atoms with Crippen LogP contribution in [0.15, 0.2) is 146 Å². The van der Waals surface area contributed by atoms with E-state index in [-0.39, 0.29) is 23.0 Å². The number of H-pyrrole nitrogens is 1. The molecule has 0 saturated heterocycles. The van der Waals surface area contributed by atoms with Crippen LogP contribution in [0, 0.1) is 25.2 Å². The van der Waals surface area contributed by atoms with Crippen LogP contribution in [-0.4, -0.2) is 50.5 Å². The van der Waals surface area contributed by atoms with Crippen molar-refractivity contribution < 1.29 is 26.3 Å². The zero-order valence-corrected chi connectivity index (χ0v) is 34.1. The molecular formula is C48H31F6N11. The van der Waals surface area contributed by atoms with Crippen LogP contribution in [0.2, 0.25) is 0 Å². The molecule has 4 aromatic carbocycles. The average molecular weight is 876 g/mol. The van der Waals surface area contributed by atoms with E-state index >= 15 is 0 Å². The highest BCUT2D eigenvalue weighted by atomic mass is 19.4. The molecule has 0 unspecified atom stereocenters. The van der Waals surface area contributed by atoms with E-state index in [9.17, 15) is 26.3 Å². The Bertz CT molecular complexity index is 3160. The molecule has 320 valence electrons. The van der Waals surface area contributed by atoms with Crippen LogP contribution in [0.25, 0.3) is 78.9 Å². The summed E-state index contributed by atoms with van der Waals surface area (Å²) < 4.78 is 81.5. The summed E-state index contributed by atoms with van der Waals surface area (Å²) >= 11 is 0. The van der Waals surface area contributed by atoms with Gasteiger partial charge in [-0.1, -0.05) is 66.7 Å². The van der Waals surface area contributed by atoms with Gasteiger partial charge in [0, 0.05) is 51.6 Å². The zero-order valence-electron chi connectivity index (χ0n) is 34.1. The van der Waals surface area contributed by atoms with Crippen molar-refractivity contribution in [3.63, 3.8) is 0 Å². The van der Waals surface area contributed by atoms with E-state index in [0.717, 1.165) is 51.3 Å². The number of rotatable bonds is 7. The molecule has 0 aliphatic heterocycles. The van der Waals surface area contributed by atoms with Crippen molar-refractivity contribution in [1.29, 1.82) is 5.26 Å². The number of halogens is 6. The molecule has 65 heavy (non-hydrogen) atoms. The Morgan fingerprint density at radius 1 is 0.462 bits per heavy atom. The molecule has 0 aliphatic carbocycles. The number of nitrogens with one attached hydrogen (secondary N) is 1. The molecule has 5 aromatic heterocycles. The van der Waals surface area contributed by atoms with E-state index in [1.54, 1.807) is 92.7 Å². The lowest BCUT2D eigenvalue weighted by atomic mass is 10.0. The lowest BCUT2D eigenvalue weighted by molar-refractivity contribution is -0.141. The first-order valence-corrected chi connectivity index (χ1v) is 19.5. The van der Waals surface area contributed by atoms with Gasteiger partial charge in [-0.2, -0.15) is 36.8 Å². The van der Waals surface area contributed by atoms with Crippen LogP contribution in [0.1, 0.15) is 28.3 Å². The molecule has 0 aliphatic rings. The second kappa shape index (κ2) is 18.1. The molecule has 5 heterocycles. The number of hydrogen-bond acceptors (Lipinski definition) is 10. The second-order valence-electron chi connectivity index (χ2n) is 14.5.